The summed E-state index contributed by atoms with van der Waals surface area (Å²) in [6.45, 7) is 0. The fraction of sp³-hybridized carbons (Fsp3) is 0. The van der Waals surface area contributed by atoms with Crippen molar-refractivity contribution in [3.63, 3.8) is 0 Å². The molecule has 54 heavy (non-hydrogen) atoms. The Balaban J connectivity index is 1.03. The molecule has 0 bridgehead atoms. The summed E-state index contributed by atoms with van der Waals surface area (Å²) < 4.78 is 2.66. The van der Waals surface area contributed by atoms with E-state index in [4.69, 9.17) is 0 Å². The van der Waals surface area contributed by atoms with Crippen molar-refractivity contribution < 1.29 is 0 Å². The zero-order valence-corrected chi connectivity index (χ0v) is 30.4. The van der Waals surface area contributed by atoms with E-state index in [0.717, 1.165) is 17.1 Å². The molecule has 0 aliphatic carbocycles. The van der Waals surface area contributed by atoms with Crippen LogP contribution in [0.2, 0.25) is 0 Å². The zero-order chi connectivity index (χ0) is 35.8. The van der Waals surface area contributed by atoms with Gasteiger partial charge in [-0.25, -0.2) is 0 Å². The Kier molecular flexibility index (Phi) is 8.09. The van der Waals surface area contributed by atoms with Gasteiger partial charge in [0.1, 0.15) is 0 Å². The van der Waals surface area contributed by atoms with Crippen molar-refractivity contribution >= 4 is 59.3 Å². The molecular formula is C52H35NS. The van der Waals surface area contributed by atoms with Gasteiger partial charge in [-0.2, -0.15) is 0 Å². The molecule has 254 valence electrons. The van der Waals surface area contributed by atoms with Crippen LogP contribution in [0.1, 0.15) is 0 Å². The normalized spacial score (nSPS) is 11.3. The van der Waals surface area contributed by atoms with E-state index in [0.29, 0.717) is 0 Å². The number of thiophene rings is 1. The van der Waals surface area contributed by atoms with E-state index in [1.54, 1.807) is 0 Å². The third kappa shape index (κ3) is 5.93. The first-order chi connectivity index (χ1) is 26.7. The zero-order valence-electron chi connectivity index (χ0n) is 29.6. The van der Waals surface area contributed by atoms with Gasteiger partial charge in [-0.1, -0.05) is 164 Å². The molecule has 1 nitrogen and oxygen atoms in total. The van der Waals surface area contributed by atoms with Gasteiger partial charge < -0.3 is 4.90 Å². The summed E-state index contributed by atoms with van der Waals surface area (Å²) in [5.74, 6) is 0. The smallest absolute Gasteiger partial charge is 0.0467 e. The van der Waals surface area contributed by atoms with Crippen LogP contribution in [0.15, 0.2) is 212 Å². The molecule has 0 spiro atoms. The van der Waals surface area contributed by atoms with Gasteiger partial charge in [-0.3, -0.25) is 0 Å². The van der Waals surface area contributed by atoms with E-state index in [2.05, 4.69) is 217 Å². The first kappa shape index (κ1) is 32.0. The maximum atomic E-state index is 2.37. The molecule has 0 saturated carbocycles. The molecule has 0 amide bonds. The van der Waals surface area contributed by atoms with Gasteiger partial charge >= 0.3 is 0 Å². The SMILES string of the molecule is c1ccc(-c2ccc(-c3ccc(N(c4ccc(-c5cccc6c5sc5cc7ccccc7cc56)cc4)c4cccc(-c5ccccc5)c4)cc3)cc2)cc1. The highest BCUT2D eigenvalue weighted by Crippen LogP contribution is 2.43. The number of hydrogen-bond acceptors (Lipinski definition) is 2. The predicted molar refractivity (Wildman–Crippen MR) is 233 cm³/mol. The Morgan fingerprint density at radius 3 is 1.41 bits per heavy atom. The first-order valence-electron chi connectivity index (χ1n) is 18.4. The molecule has 9 aromatic carbocycles. The molecule has 0 fully saturated rings. The molecule has 0 aliphatic heterocycles. The topological polar surface area (TPSA) is 3.24 Å². The predicted octanol–water partition coefficient (Wildman–Crippen LogP) is 15.3. The summed E-state index contributed by atoms with van der Waals surface area (Å²) in [6, 6.07) is 77.0. The van der Waals surface area contributed by atoms with Crippen LogP contribution in [0.25, 0.3) is 75.5 Å². The Bertz CT molecular complexity index is 2890. The number of benzene rings is 9. The van der Waals surface area contributed by atoms with E-state index in [9.17, 15) is 0 Å². The number of nitrogens with zero attached hydrogens (tertiary/aromatic N) is 1. The van der Waals surface area contributed by atoms with E-state index >= 15 is 0 Å². The summed E-state index contributed by atoms with van der Waals surface area (Å²) in [7, 11) is 0. The maximum absolute atomic E-state index is 2.37. The number of anilines is 3. The number of hydrogen-bond donors (Lipinski definition) is 0. The number of fused-ring (bicyclic) bond motifs is 4. The molecule has 0 saturated heterocycles. The molecule has 1 aromatic heterocycles. The molecule has 0 unspecified atom stereocenters. The lowest BCUT2D eigenvalue weighted by atomic mass is 9.99. The van der Waals surface area contributed by atoms with E-state index in [1.165, 1.54) is 75.5 Å². The van der Waals surface area contributed by atoms with Crippen molar-refractivity contribution in [2.75, 3.05) is 4.90 Å². The second-order valence-electron chi connectivity index (χ2n) is 13.8. The lowest BCUT2D eigenvalue weighted by Gasteiger charge is -2.26. The standard InChI is InChI=1S/C52H35NS/c1-3-11-36(12-4-1)38-21-23-39(24-22-38)40-25-29-45(30-26-40)53(47-18-9-17-42(33-47)37-13-5-2-6-14-37)46-31-27-41(28-32-46)48-19-10-20-49-50-34-43-15-7-8-16-44(43)35-51(50)54-52(48)49/h1-35H. The average molecular weight is 706 g/mol. The van der Waals surface area contributed by atoms with Crippen molar-refractivity contribution in [1.82, 2.24) is 0 Å². The largest absolute Gasteiger partial charge is 0.310 e. The first-order valence-corrected chi connectivity index (χ1v) is 19.2. The highest BCUT2D eigenvalue weighted by molar-refractivity contribution is 7.26. The fourth-order valence-electron chi connectivity index (χ4n) is 7.69. The molecule has 0 N–H and O–H groups in total. The Morgan fingerprint density at radius 1 is 0.296 bits per heavy atom. The minimum Gasteiger partial charge on any atom is -0.310 e. The van der Waals surface area contributed by atoms with Crippen LogP contribution >= 0.6 is 11.3 Å². The highest BCUT2D eigenvalue weighted by atomic mass is 32.1. The maximum Gasteiger partial charge on any atom is 0.0467 e. The van der Waals surface area contributed by atoms with Gasteiger partial charge in [0, 0.05) is 37.2 Å². The summed E-state index contributed by atoms with van der Waals surface area (Å²) in [5, 5.41) is 5.21. The van der Waals surface area contributed by atoms with Crippen LogP contribution < -0.4 is 4.90 Å². The molecular weight excluding hydrogens is 671 g/mol. The quantitative estimate of drug-likeness (QED) is 0.160. The van der Waals surface area contributed by atoms with Crippen LogP contribution in [0.3, 0.4) is 0 Å². The molecule has 0 radical (unpaired) electrons. The van der Waals surface area contributed by atoms with Crippen molar-refractivity contribution in [2.45, 2.75) is 0 Å². The monoisotopic (exact) mass is 705 g/mol. The fourth-order valence-corrected chi connectivity index (χ4v) is 8.96. The van der Waals surface area contributed by atoms with E-state index < -0.39 is 0 Å². The van der Waals surface area contributed by atoms with Crippen LogP contribution in [-0.4, -0.2) is 0 Å². The lowest BCUT2D eigenvalue weighted by Crippen LogP contribution is -2.10. The summed E-state index contributed by atoms with van der Waals surface area (Å²) >= 11 is 1.89. The van der Waals surface area contributed by atoms with Crippen molar-refractivity contribution in [2.24, 2.45) is 0 Å². The molecule has 10 rings (SSSR count). The van der Waals surface area contributed by atoms with Crippen LogP contribution in [0, 0.1) is 0 Å². The second kappa shape index (κ2) is 13.7. The minimum absolute atomic E-state index is 1.11. The van der Waals surface area contributed by atoms with E-state index in [1.807, 2.05) is 11.3 Å². The van der Waals surface area contributed by atoms with Crippen molar-refractivity contribution in [3.8, 4) is 44.5 Å². The Morgan fingerprint density at radius 2 is 0.778 bits per heavy atom. The third-order valence-corrected chi connectivity index (χ3v) is 11.7. The number of rotatable bonds is 7. The van der Waals surface area contributed by atoms with Gasteiger partial charge in [0.25, 0.3) is 0 Å². The third-order valence-electron chi connectivity index (χ3n) is 10.5. The molecule has 10 aromatic rings. The van der Waals surface area contributed by atoms with E-state index in [-0.39, 0.29) is 0 Å². The van der Waals surface area contributed by atoms with Gasteiger partial charge in [0.05, 0.1) is 0 Å². The highest BCUT2D eigenvalue weighted by Gasteiger charge is 2.16. The van der Waals surface area contributed by atoms with Crippen LogP contribution in [0.5, 0.6) is 0 Å². The second-order valence-corrected chi connectivity index (χ2v) is 14.8. The summed E-state index contributed by atoms with van der Waals surface area (Å²) in [4.78, 5) is 2.37. The van der Waals surface area contributed by atoms with Gasteiger partial charge in [-0.05, 0) is 104 Å². The van der Waals surface area contributed by atoms with Gasteiger partial charge in [-0.15, -0.1) is 11.3 Å². The van der Waals surface area contributed by atoms with Gasteiger partial charge in [0.2, 0.25) is 0 Å². The average Bonchev–Trinajstić information content (AvgIpc) is 3.62. The van der Waals surface area contributed by atoms with Crippen molar-refractivity contribution in [1.29, 1.82) is 0 Å². The van der Waals surface area contributed by atoms with Crippen LogP contribution in [-0.2, 0) is 0 Å². The molecule has 1 heterocycles. The van der Waals surface area contributed by atoms with Gasteiger partial charge in [0.15, 0.2) is 0 Å². The molecule has 0 aliphatic rings. The lowest BCUT2D eigenvalue weighted by molar-refractivity contribution is 1.28. The molecule has 0 atom stereocenters. The summed E-state index contributed by atoms with van der Waals surface area (Å²) in [6.07, 6.45) is 0. The Hall–Kier alpha value is -6.74. The summed E-state index contributed by atoms with van der Waals surface area (Å²) in [5.41, 5.74) is 13.1. The Labute approximate surface area is 319 Å². The van der Waals surface area contributed by atoms with Crippen molar-refractivity contribution in [3.05, 3.63) is 212 Å². The van der Waals surface area contributed by atoms with Crippen LogP contribution in [0.4, 0.5) is 17.1 Å². The molecule has 2 heteroatoms. The minimum atomic E-state index is 1.11.